The summed E-state index contributed by atoms with van der Waals surface area (Å²) >= 11 is 0. The number of hydrogen-bond acceptors (Lipinski definition) is 6. The molecule has 0 bridgehead atoms. The summed E-state index contributed by atoms with van der Waals surface area (Å²) in [6.07, 6.45) is 10.7. The van der Waals surface area contributed by atoms with Gasteiger partial charge in [0.1, 0.15) is 5.75 Å². The van der Waals surface area contributed by atoms with E-state index in [1.165, 1.54) is 18.8 Å². The summed E-state index contributed by atoms with van der Waals surface area (Å²) in [6, 6.07) is 7.94. The molecule has 1 aliphatic carbocycles. The van der Waals surface area contributed by atoms with Crippen molar-refractivity contribution in [2.24, 2.45) is 17.8 Å². The molecule has 0 spiro atoms. The number of benzene rings is 1. The van der Waals surface area contributed by atoms with Gasteiger partial charge in [-0.25, -0.2) is 19.0 Å². The molecule has 0 unspecified atom stereocenters. The predicted molar refractivity (Wildman–Crippen MR) is 110 cm³/mol. The summed E-state index contributed by atoms with van der Waals surface area (Å²) < 4.78 is 20.7. The first-order valence-corrected chi connectivity index (χ1v) is 10.6. The molecule has 0 radical (unpaired) electrons. The van der Waals surface area contributed by atoms with E-state index in [0.717, 1.165) is 68.1 Å². The maximum atomic E-state index is 13.0. The second-order valence-corrected chi connectivity index (χ2v) is 8.16. The molecule has 2 atom stereocenters. The van der Waals surface area contributed by atoms with Gasteiger partial charge >= 0.3 is 0 Å². The van der Waals surface area contributed by atoms with Crippen molar-refractivity contribution in [3.05, 3.63) is 54.9 Å². The smallest absolute Gasteiger partial charge is 0.225 e. The molecule has 0 amide bonds. The minimum atomic E-state index is -0.386. The molecule has 7 nitrogen and oxygen atoms in total. The highest BCUT2D eigenvalue weighted by Gasteiger charge is 2.43. The van der Waals surface area contributed by atoms with Gasteiger partial charge in [0, 0.05) is 13.1 Å². The number of piperidine rings is 1. The lowest BCUT2D eigenvalue weighted by Crippen LogP contribution is -2.35. The molecular weight excluding hydrogens is 383 g/mol. The Kier molecular flexibility index (Phi) is 5.29. The Labute approximate surface area is 174 Å². The van der Waals surface area contributed by atoms with Crippen molar-refractivity contribution in [1.82, 2.24) is 25.0 Å². The Hall–Kier alpha value is -3.03. The van der Waals surface area contributed by atoms with Crippen LogP contribution >= 0.6 is 0 Å². The molecule has 0 N–H and O–H groups in total. The number of halogens is 1. The quantitative estimate of drug-likeness (QED) is 0.596. The van der Waals surface area contributed by atoms with Gasteiger partial charge in [0.25, 0.3) is 0 Å². The lowest BCUT2D eigenvalue weighted by molar-refractivity contribution is 0.284. The van der Waals surface area contributed by atoms with Gasteiger partial charge in [-0.1, -0.05) is 5.21 Å². The largest absolute Gasteiger partial charge is 0.494 e. The van der Waals surface area contributed by atoms with Gasteiger partial charge in [-0.3, -0.25) is 0 Å². The van der Waals surface area contributed by atoms with Crippen molar-refractivity contribution in [3.8, 4) is 11.4 Å². The van der Waals surface area contributed by atoms with Crippen LogP contribution in [0, 0.1) is 23.6 Å². The number of nitrogens with zero attached hydrogens (tertiary/aromatic N) is 6. The average Bonchev–Trinajstić information content (AvgIpc) is 3.34. The van der Waals surface area contributed by atoms with Crippen LogP contribution in [0.1, 0.15) is 25.7 Å². The SMILES string of the molecule is Fc1cnc(N2CCC([C@H]3C[C@H]3CCOc3ccc(-n4ccnn4)cc3)CC2)nc1. The first-order chi connectivity index (χ1) is 14.8. The molecule has 2 fully saturated rings. The van der Waals surface area contributed by atoms with Crippen LogP contribution in [0.2, 0.25) is 0 Å². The van der Waals surface area contributed by atoms with Crippen LogP contribution < -0.4 is 9.64 Å². The normalized spacial score (nSPS) is 21.6. The third kappa shape index (κ3) is 4.27. The maximum Gasteiger partial charge on any atom is 0.225 e. The molecule has 3 aromatic rings. The molecule has 2 aromatic heterocycles. The molecule has 1 saturated heterocycles. The second kappa shape index (κ2) is 8.38. The fourth-order valence-corrected chi connectivity index (χ4v) is 4.55. The standard InChI is InChI=1S/C22H25FN6O/c23-18-14-24-22(25-15-18)28-9-5-16(6-10-28)21-13-17(21)7-12-30-20-3-1-19(2-4-20)29-11-8-26-27-29/h1-4,8,11,14-17,21H,5-7,9-10,12-13H2/t17-,21-/m1/s1. The van der Waals surface area contributed by atoms with Crippen molar-refractivity contribution in [1.29, 1.82) is 0 Å². The first-order valence-electron chi connectivity index (χ1n) is 10.6. The van der Waals surface area contributed by atoms with E-state index in [9.17, 15) is 4.39 Å². The molecule has 156 valence electrons. The Bertz CT molecular complexity index is 939. The number of anilines is 1. The zero-order chi connectivity index (χ0) is 20.3. The first kappa shape index (κ1) is 19.0. The number of aromatic nitrogens is 5. The van der Waals surface area contributed by atoms with Crippen LogP contribution in [-0.4, -0.2) is 44.7 Å². The van der Waals surface area contributed by atoms with E-state index in [1.807, 2.05) is 30.5 Å². The lowest BCUT2D eigenvalue weighted by Gasteiger charge is -2.32. The van der Waals surface area contributed by atoms with Crippen molar-refractivity contribution in [3.63, 3.8) is 0 Å². The molecule has 8 heteroatoms. The second-order valence-electron chi connectivity index (χ2n) is 8.16. The summed E-state index contributed by atoms with van der Waals surface area (Å²) in [7, 11) is 0. The van der Waals surface area contributed by atoms with Gasteiger partial charge in [0.15, 0.2) is 5.82 Å². The van der Waals surface area contributed by atoms with Gasteiger partial charge < -0.3 is 9.64 Å². The maximum absolute atomic E-state index is 13.0. The fourth-order valence-electron chi connectivity index (χ4n) is 4.55. The van der Waals surface area contributed by atoms with Crippen LogP contribution in [0.5, 0.6) is 5.75 Å². The van der Waals surface area contributed by atoms with E-state index in [4.69, 9.17) is 4.74 Å². The summed E-state index contributed by atoms with van der Waals surface area (Å²) in [5.74, 6) is 3.52. The molecule has 5 rings (SSSR count). The Morgan fingerprint density at radius 2 is 1.83 bits per heavy atom. The highest BCUT2D eigenvalue weighted by atomic mass is 19.1. The van der Waals surface area contributed by atoms with Crippen molar-refractivity contribution in [2.45, 2.75) is 25.7 Å². The fraction of sp³-hybridized carbons (Fsp3) is 0.455. The topological polar surface area (TPSA) is 69.0 Å². The number of hydrogen-bond donors (Lipinski definition) is 0. The zero-order valence-electron chi connectivity index (χ0n) is 16.8. The van der Waals surface area contributed by atoms with E-state index in [2.05, 4.69) is 25.2 Å². The predicted octanol–water partition coefficient (Wildman–Crippen LogP) is 3.52. The summed E-state index contributed by atoms with van der Waals surface area (Å²) in [6.45, 7) is 2.66. The van der Waals surface area contributed by atoms with Crippen LogP contribution in [0.15, 0.2) is 49.1 Å². The summed E-state index contributed by atoms with van der Waals surface area (Å²) in [4.78, 5) is 10.4. The van der Waals surface area contributed by atoms with Crippen molar-refractivity contribution in [2.75, 3.05) is 24.6 Å². The van der Waals surface area contributed by atoms with Crippen molar-refractivity contribution >= 4 is 5.95 Å². The Balaban J connectivity index is 1.03. The molecule has 2 aliphatic rings. The molecule has 1 aromatic carbocycles. The van der Waals surface area contributed by atoms with E-state index in [0.29, 0.717) is 5.95 Å². The van der Waals surface area contributed by atoms with Gasteiger partial charge in [0.05, 0.1) is 37.1 Å². The van der Waals surface area contributed by atoms with Crippen LogP contribution in [0.4, 0.5) is 10.3 Å². The lowest BCUT2D eigenvalue weighted by atomic mass is 9.90. The van der Waals surface area contributed by atoms with E-state index in [1.54, 1.807) is 10.9 Å². The van der Waals surface area contributed by atoms with Gasteiger partial charge in [-0.15, -0.1) is 5.10 Å². The van der Waals surface area contributed by atoms with Crippen LogP contribution in [0.25, 0.3) is 5.69 Å². The minimum Gasteiger partial charge on any atom is -0.494 e. The minimum absolute atomic E-state index is 0.386. The Morgan fingerprint density at radius 3 is 2.53 bits per heavy atom. The third-order valence-corrected chi connectivity index (χ3v) is 6.29. The number of rotatable bonds is 7. The Morgan fingerprint density at radius 1 is 1.07 bits per heavy atom. The molecule has 30 heavy (non-hydrogen) atoms. The molecule has 1 saturated carbocycles. The van der Waals surface area contributed by atoms with E-state index >= 15 is 0 Å². The van der Waals surface area contributed by atoms with Crippen LogP contribution in [-0.2, 0) is 0 Å². The van der Waals surface area contributed by atoms with Gasteiger partial charge in [-0.2, -0.15) is 0 Å². The highest BCUT2D eigenvalue weighted by molar-refractivity contribution is 5.36. The molecule has 3 heterocycles. The van der Waals surface area contributed by atoms with Gasteiger partial charge in [-0.05, 0) is 67.7 Å². The highest BCUT2D eigenvalue weighted by Crippen LogP contribution is 2.49. The number of ether oxygens (including phenoxy) is 1. The molecule has 1 aliphatic heterocycles. The van der Waals surface area contributed by atoms with E-state index < -0.39 is 0 Å². The zero-order valence-corrected chi connectivity index (χ0v) is 16.8. The summed E-state index contributed by atoms with van der Waals surface area (Å²) in [5.41, 5.74) is 0.972. The average molecular weight is 408 g/mol. The van der Waals surface area contributed by atoms with Gasteiger partial charge in [0.2, 0.25) is 5.95 Å². The van der Waals surface area contributed by atoms with Crippen LogP contribution in [0.3, 0.4) is 0 Å². The van der Waals surface area contributed by atoms with E-state index in [-0.39, 0.29) is 5.82 Å². The van der Waals surface area contributed by atoms with Crippen molar-refractivity contribution < 1.29 is 9.13 Å². The summed E-state index contributed by atoms with van der Waals surface area (Å²) in [5, 5.41) is 7.81. The molecular formula is C22H25FN6O. The third-order valence-electron chi connectivity index (χ3n) is 6.29. The monoisotopic (exact) mass is 408 g/mol.